The van der Waals surface area contributed by atoms with Crippen LogP contribution >= 0.6 is 0 Å². The third-order valence-electron chi connectivity index (χ3n) is 3.66. The maximum Gasteiger partial charge on any atom is 0.108 e. The summed E-state index contributed by atoms with van der Waals surface area (Å²) in [6.07, 6.45) is 9.50. The van der Waals surface area contributed by atoms with E-state index in [-0.39, 0.29) is 12.1 Å². The lowest BCUT2D eigenvalue weighted by molar-refractivity contribution is 0.158. The lowest BCUT2D eigenvalue weighted by Crippen LogP contribution is -2.47. The summed E-state index contributed by atoms with van der Waals surface area (Å²) in [4.78, 5) is 4.39. The first-order valence-electron chi connectivity index (χ1n) is 7.05. The van der Waals surface area contributed by atoms with Crippen molar-refractivity contribution in [1.82, 2.24) is 14.9 Å². The summed E-state index contributed by atoms with van der Waals surface area (Å²) in [6, 6.07) is 0.625. The molecule has 0 spiro atoms. The van der Waals surface area contributed by atoms with Crippen LogP contribution in [-0.2, 0) is 13.0 Å². The van der Waals surface area contributed by atoms with Crippen molar-refractivity contribution in [2.24, 2.45) is 0 Å². The average Bonchev–Trinajstić information content (AvgIpc) is 3.05. The lowest BCUT2D eigenvalue weighted by atomic mass is 9.98. The predicted molar refractivity (Wildman–Crippen MR) is 72.5 cm³/mol. The second kappa shape index (κ2) is 5.85. The van der Waals surface area contributed by atoms with E-state index < -0.39 is 0 Å². The fourth-order valence-corrected chi connectivity index (χ4v) is 2.28. The highest BCUT2D eigenvalue weighted by atomic mass is 16.3. The van der Waals surface area contributed by atoms with E-state index in [0.29, 0.717) is 6.04 Å². The van der Waals surface area contributed by atoms with Gasteiger partial charge in [-0.2, -0.15) is 0 Å². The van der Waals surface area contributed by atoms with Gasteiger partial charge in [0.1, 0.15) is 5.82 Å². The zero-order chi connectivity index (χ0) is 13.0. The molecular formula is C14H25N3O. The van der Waals surface area contributed by atoms with E-state index in [1.54, 1.807) is 0 Å². The minimum atomic E-state index is -0.158. The first kappa shape index (κ1) is 13.6. The van der Waals surface area contributed by atoms with Crippen molar-refractivity contribution in [3.05, 3.63) is 18.2 Å². The number of hydrogen-bond donors (Lipinski definition) is 2. The maximum atomic E-state index is 9.58. The first-order chi connectivity index (χ1) is 8.67. The van der Waals surface area contributed by atoms with Gasteiger partial charge >= 0.3 is 0 Å². The number of nitrogens with zero attached hydrogens (tertiary/aromatic N) is 2. The minimum Gasteiger partial charge on any atom is -0.394 e. The molecule has 1 aliphatic carbocycles. The van der Waals surface area contributed by atoms with Gasteiger partial charge in [-0.15, -0.1) is 0 Å². The van der Waals surface area contributed by atoms with Gasteiger partial charge in [0.05, 0.1) is 6.61 Å². The van der Waals surface area contributed by atoms with Gasteiger partial charge in [-0.1, -0.05) is 6.92 Å². The Balaban J connectivity index is 1.89. The Morgan fingerprint density at radius 3 is 2.94 bits per heavy atom. The number of aliphatic hydroxyl groups is 1. The second-order valence-electron chi connectivity index (χ2n) is 5.67. The fourth-order valence-electron chi connectivity index (χ4n) is 2.28. The molecular weight excluding hydrogens is 226 g/mol. The van der Waals surface area contributed by atoms with Gasteiger partial charge < -0.3 is 15.0 Å². The number of imidazole rings is 1. The second-order valence-corrected chi connectivity index (χ2v) is 5.67. The van der Waals surface area contributed by atoms with Crippen LogP contribution in [0.25, 0.3) is 0 Å². The molecule has 0 bridgehead atoms. The first-order valence-corrected chi connectivity index (χ1v) is 7.05. The molecule has 1 aromatic rings. The van der Waals surface area contributed by atoms with Crippen molar-refractivity contribution in [3.8, 4) is 0 Å². The Bertz CT molecular complexity index is 373. The molecule has 0 radical (unpaired) electrons. The quantitative estimate of drug-likeness (QED) is 0.740. The van der Waals surface area contributed by atoms with Crippen molar-refractivity contribution in [1.29, 1.82) is 0 Å². The molecule has 1 atom stereocenters. The molecule has 2 rings (SSSR count). The van der Waals surface area contributed by atoms with E-state index in [2.05, 4.69) is 28.7 Å². The smallest absolute Gasteiger partial charge is 0.108 e. The molecule has 4 nitrogen and oxygen atoms in total. The topological polar surface area (TPSA) is 50.1 Å². The predicted octanol–water partition coefficient (Wildman–Crippen LogP) is 1.73. The van der Waals surface area contributed by atoms with Gasteiger partial charge in [-0.05, 0) is 32.6 Å². The van der Waals surface area contributed by atoms with Crippen LogP contribution in [0.2, 0.25) is 0 Å². The number of aromatic nitrogens is 2. The molecule has 102 valence electrons. The molecule has 0 saturated heterocycles. The SMILES string of the molecule is CCCc1nccn1CCC(C)(CO)NC1CC1. The Labute approximate surface area is 109 Å². The number of aryl methyl sites for hydroxylation is 2. The van der Waals surface area contributed by atoms with Crippen LogP contribution in [-0.4, -0.2) is 32.8 Å². The summed E-state index contributed by atoms with van der Waals surface area (Å²) >= 11 is 0. The molecule has 1 aromatic heterocycles. The van der Waals surface area contributed by atoms with Crippen molar-refractivity contribution in [3.63, 3.8) is 0 Å². The molecule has 0 amide bonds. The number of nitrogens with one attached hydrogen (secondary N) is 1. The molecule has 0 aromatic carbocycles. The summed E-state index contributed by atoms with van der Waals surface area (Å²) < 4.78 is 2.21. The van der Waals surface area contributed by atoms with Crippen LogP contribution in [0.3, 0.4) is 0 Å². The van der Waals surface area contributed by atoms with E-state index in [0.717, 1.165) is 31.6 Å². The van der Waals surface area contributed by atoms with Crippen LogP contribution in [0.15, 0.2) is 12.4 Å². The molecule has 18 heavy (non-hydrogen) atoms. The standard InChI is InChI=1S/C14H25N3O/c1-3-4-13-15-8-10-17(13)9-7-14(2,11-18)16-12-5-6-12/h8,10,12,16,18H,3-7,9,11H2,1-2H3. The molecule has 4 heteroatoms. The summed E-state index contributed by atoms with van der Waals surface area (Å²) in [5, 5.41) is 13.1. The van der Waals surface area contributed by atoms with Gasteiger partial charge in [-0.3, -0.25) is 0 Å². The number of aliphatic hydroxyl groups excluding tert-OH is 1. The molecule has 0 aliphatic heterocycles. The largest absolute Gasteiger partial charge is 0.394 e. The van der Waals surface area contributed by atoms with Gasteiger partial charge in [-0.25, -0.2) is 4.98 Å². The summed E-state index contributed by atoms with van der Waals surface area (Å²) in [5.41, 5.74) is -0.158. The van der Waals surface area contributed by atoms with Crippen LogP contribution < -0.4 is 5.32 Å². The highest BCUT2D eigenvalue weighted by Gasteiger charge is 2.31. The summed E-state index contributed by atoms with van der Waals surface area (Å²) in [7, 11) is 0. The molecule has 1 heterocycles. The van der Waals surface area contributed by atoms with Crippen molar-refractivity contribution < 1.29 is 5.11 Å². The maximum absolute atomic E-state index is 9.58. The van der Waals surface area contributed by atoms with E-state index >= 15 is 0 Å². The molecule has 1 unspecified atom stereocenters. The molecule has 1 fully saturated rings. The van der Waals surface area contributed by atoms with Gasteiger partial charge in [0, 0.05) is 36.9 Å². The Morgan fingerprint density at radius 1 is 1.56 bits per heavy atom. The normalized spacial score (nSPS) is 18.8. The van der Waals surface area contributed by atoms with E-state index in [4.69, 9.17) is 0 Å². The fraction of sp³-hybridized carbons (Fsp3) is 0.786. The van der Waals surface area contributed by atoms with Gasteiger partial charge in [0.25, 0.3) is 0 Å². The zero-order valence-corrected chi connectivity index (χ0v) is 11.5. The summed E-state index contributed by atoms with van der Waals surface area (Å²) in [6.45, 7) is 5.40. The van der Waals surface area contributed by atoms with Crippen LogP contribution in [0, 0.1) is 0 Å². The third kappa shape index (κ3) is 3.56. The molecule has 1 saturated carbocycles. The Morgan fingerprint density at radius 2 is 2.33 bits per heavy atom. The number of hydrogen-bond acceptors (Lipinski definition) is 3. The Kier molecular flexibility index (Phi) is 4.40. The van der Waals surface area contributed by atoms with Crippen LogP contribution in [0.5, 0.6) is 0 Å². The third-order valence-corrected chi connectivity index (χ3v) is 3.66. The minimum absolute atomic E-state index is 0.158. The van der Waals surface area contributed by atoms with E-state index in [1.807, 2.05) is 12.4 Å². The monoisotopic (exact) mass is 251 g/mol. The summed E-state index contributed by atoms with van der Waals surface area (Å²) in [5.74, 6) is 1.16. The number of rotatable bonds is 8. The lowest BCUT2D eigenvalue weighted by Gasteiger charge is -2.29. The van der Waals surface area contributed by atoms with E-state index in [1.165, 1.54) is 12.8 Å². The Hall–Kier alpha value is -0.870. The average molecular weight is 251 g/mol. The van der Waals surface area contributed by atoms with Crippen molar-refractivity contribution >= 4 is 0 Å². The van der Waals surface area contributed by atoms with Crippen LogP contribution in [0.4, 0.5) is 0 Å². The molecule has 1 aliphatic rings. The molecule has 2 N–H and O–H groups in total. The van der Waals surface area contributed by atoms with Gasteiger partial charge in [0.15, 0.2) is 0 Å². The van der Waals surface area contributed by atoms with E-state index in [9.17, 15) is 5.11 Å². The van der Waals surface area contributed by atoms with Gasteiger partial charge in [0.2, 0.25) is 0 Å². The highest BCUT2D eigenvalue weighted by molar-refractivity contribution is 4.96. The highest BCUT2D eigenvalue weighted by Crippen LogP contribution is 2.24. The van der Waals surface area contributed by atoms with Crippen molar-refractivity contribution in [2.75, 3.05) is 6.61 Å². The van der Waals surface area contributed by atoms with Crippen molar-refractivity contribution in [2.45, 2.75) is 64.1 Å². The van der Waals surface area contributed by atoms with Crippen LogP contribution in [0.1, 0.15) is 45.4 Å². The zero-order valence-electron chi connectivity index (χ0n) is 11.5.